The average molecular weight is 592 g/mol. The molecule has 0 aliphatic heterocycles. The number of carbonyl (C=O) groups excluding carboxylic acids is 4. The zero-order chi connectivity index (χ0) is 32.2. The van der Waals surface area contributed by atoms with Crippen LogP contribution in [0.5, 0.6) is 5.75 Å². The molecule has 10 heteroatoms. The van der Waals surface area contributed by atoms with Gasteiger partial charge < -0.3 is 30.1 Å². The van der Waals surface area contributed by atoms with Gasteiger partial charge in [0.05, 0.1) is 13.0 Å². The molecule has 4 unspecified atom stereocenters. The number of aryl methyl sites for hydroxylation is 1. The molecule has 4 atom stereocenters. The summed E-state index contributed by atoms with van der Waals surface area (Å²) in [5.41, 5.74) is 0.288. The highest BCUT2D eigenvalue weighted by molar-refractivity contribution is 5.92. The number of carbonyl (C=O) groups is 4. The van der Waals surface area contributed by atoms with Crippen molar-refractivity contribution in [1.82, 2.24) is 15.5 Å². The van der Waals surface area contributed by atoms with E-state index in [1.54, 1.807) is 51.7 Å². The Hall–Kier alpha value is -3.30. The maximum atomic E-state index is 14.5. The first-order valence-corrected chi connectivity index (χ1v) is 15.1. The number of nitrogens with one attached hydrogen (secondary N) is 2. The molecule has 0 saturated carbocycles. The van der Waals surface area contributed by atoms with E-state index in [4.69, 9.17) is 9.47 Å². The lowest BCUT2D eigenvalue weighted by molar-refractivity contribution is -0.147. The molecular weight excluding hydrogens is 538 g/mol. The van der Waals surface area contributed by atoms with Crippen LogP contribution in [0.3, 0.4) is 0 Å². The third kappa shape index (κ3) is 11.9. The molecule has 0 fully saturated rings. The molecule has 238 valence electrons. The van der Waals surface area contributed by atoms with E-state index in [0.29, 0.717) is 29.9 Å². The molecule has 42 heavy (non-hydrogen) atoms. The molecule has 10 nitrogen and oxygen atoms in total. The van der Waals surface area contributed by atoms with E-state index in [2.05, 4.69) is 24.5 Å². The van der Waals surface area contributed by atoms with Crippen LogP contribution in [0.25, 0.3) is 0 Å². The predicted octanol–water partition coefficient (Wildman–Crippen LogP) is 5.40. The summed E-state index contributed by atoms with van der Waals surface area (Å²) in [5.74, 6) is -1.17. The number of benzene rings is 1. The van der Waals surface area contributed by atoms with Gasteiger partial charge >= 0.3 is 12.1 Å². The second-order valence-electron chi connectivity index (χ2n) is 12.4. The second-order valence-corrected chi connectivity index (χ2v) is 12.4. The molecule has 1 rings (SSSR count). The molecule has 0 aliphatic rings. The fraction of sp³-hybridized carbons (Fsp3) is 0.688. The van der Waals surface area contributed by atoms with Crippen molar-refractivity contribution in [3.05, 3.63) is 29.3 Å². The summed E-state index contributed by atoms with van der Waals surface area (Å²) >= 11 is 0. The Balaban J connectivity index is 3.65. The van der Waals surface area contributed by atoms with Gasteiger partial charge in [-0.2, -0.15) is 0 Å². The number of ether oxygens (including phenoxy) is 2. The van der Waals surface area contributed by atoms with E-state index in [9.17, 15) is 24.3 Å². The Morgan fingerprint density at radius 2 is 1.67 bits per heavy atom. The lowest BCUT2D eigenvalue weighted by Gasteiger charge is -2.40. The molecule has 3 N–H and O–H groups in total. The number of amides is 3. The van der Waals surface area contributed by atoms with Gasteiger partial charge in [0, 0.05) is 12.6 Å². The second kappa shape index (κ2) is 17.0. The van der Waals surface area contributed by atoms with Gasteiger partial charge in [-0.25, -0.2) is 4.79 Å². The largest absolute Gasteiger partial charge is 0.508 e. The predicted molar refractivity (Wildman–Crippen MR) is 163 cm³/mol. The minimum Gasteiger partial charge on any atom is -0.508 e. The number of phenolic OH excluding ortho intramolecular Hbond substituents is 1. The Morgan fingerprint density at radius 1 is 1.02 bits per heavy atom. The van der Waals surface area contributed by atoms with Crippen LogP contribution >= 0.6 is 0 Å². The average Bonchev–Trinajstić information content (AvgIpc) is 2.88. The summed E-state index contributed by atoms with van der Waals surface area (Å²) in [7, 11) is 0. The fourth-order valence-corrected chi connectivity index (χ4v) is 4.50. The monoisotopic (exact) mass is 591 g/mol. The third-order valence-electron chi connectivity index (χ3n) is 7.04. The number of rotatable bonds is 15. The molecule has 3 amide bonds. The van der Waals surface area contributed by atoms with Gasteiger partial charge in [-0.15, -0.1) is 0 Å². The highest BCUT2D eigenvalue weighted by Crippen LogP contribution is 2.31. The summed E-state index contributed by atoms with van der Waals surface area (Å²) in [6.45, 7) is 18.8. The number of hydrogen-bond acceptors (Lipinski definition) is 7. The van der Waals surface area contributed by atoms with Crippen molar-refractivity contribution in [2.45, 2.75) is 119 Å². The normalized spacial score (nSPS) is 14.4. The molecule has 0 saturated heterocycles. The Kier molecular flexibility index (Phi) is 14.8. The van der Waals surface area contributed by atoms with Crippen LogP contribution in [0.15, 0.2) is 18.2 Å². The minimum absolute atomic E-state index is 0.0204. The number of hydrogen-bond donors (Lipinski definition) is 3. The lowest BCUT2D eigenvalue weighted by atomic mass is 9.92. The van der Waals surface area contributed by atoms with Crippen LogP contribution < -0.4 is 10.6 Å². The smallest absolute Gasteiger partial charge is 0.408 e. The topological polar surface area (TPSA) is 134 Å². The molecular formula is C32H53N3O7. The molecule has 1 aromatic carbocycles. The van der Waals surface area contributed by atoms with E-state index in [1.165, 1.54) is 6.07 Å². The number of nitrogens with zero attached hydrogens (tertiary/aromatic N) is 1. The van der Waals surface area contributed by atoms with Crippen molar-refractivity contribution in [2.24, 2.45) is 11.8 Å². The van der Waals surface area contributed by atoms with Crippen molar-refractivity contribution < 1.29 is 33.8 Å². The van der Waals surface area contributed by atoms with E-state index >= 15 is 0 Å². The van der Waals surface area contributed by atoms with Crippen LogP contribution in [0.1, 0.15) is 105 Å². The first-order chi connectivity index (χ1) is 19.5. The molecule has 0 radical (unpaired) electrons. The number of alkyl carbamates (subject to hydrolysis) is 1. The van der Waals surface area contributed by atoms with Crippen LogP contribution in [-0.2, 0) is 23.9 Å². The Labute approximate surface area is 251 Å². The van der Waals surface area contributed by atoms with E-state index in [1.807, 2.05) is 20.8 Å². The first kappa shape index (κ1) is 36.7. The first-order valence-electron chi connectivity index (χ1n) is 15.1. The summed E-state index contributed by atoms with van der Waals surface area (Å²) < 4.78 is 10.5. The van der Waals surface area contributed by atoms with Crippen LogP contribution in [-0.4, -0.2) is 64.7 Å². The van der Waals surface area contributed by atoms with Crippen molar-refractivity contribution in [3.63, 3.8) is 0 Å². The van der Waals surface area contributed by atoms with Gasteiger partial charge in [0.2, 0.25) is 11.8 Å². The Bertz CT molecular complexity index is 1050. The fourth-order valence-electron chi connectivity index (χ4n) is 4.50. The SMILES string of the molecule is CCOC(=O)CCNC(=O)C(c1ccc(O)c(C)c1)N(C(=O)C(NC(=O)OC(C)(C)C)C(C)CC)C(C)CCC(C)C. The maximum absolute atomic E-state index is 14.5. The summed E-state index contributed by atoms with van der Waals surface area (Å²) in [6, 6.07) is 2.36. The quantitative estimate of drug-likeness (QED) is 0.232. The Morgan fingerprint density at radius 3 is 2.19 bits per heavy atom. The van der Waals surface area contributed by atoms with Crippen molar-refractivity contribution in [3.8, 4) is 5.75 Å². The summed E-state index contributed by atoms with van der Waals surface area (Å²) in [5, 5.41) is 15.8. The minimum atomic E-state index is -1.09. The third-order valence-corrected chi connectivity index (χ3v) is 7.04. The van der Waals surface area contributed by atoms with E-state index in [-0.39, 0.29) is 37.3 Å². The highest BCUT2D eigenvalue weighted by atomic mass is 16.6. The van der Waals surface area contributed by atoms with Gasteiger partial charge in [0.15, 0.2) is 0 Å². The number of esters is 1. The van der Waals surface area contributed by atoms with Gasteiger partial charge in [0.25, 0.3) is 0 Å². The van der Waals surface area contributed by atoms with Gasteiger partial charge in [-0.3, -0.25) is 14.4 Å². The molecule has 0 aliphatic carbocycles. The zero-order valence-electron chi connectivity index (χ0n) is 27.2. The molecule has 0 aromatic heterocycles. The van der Waals surface area contributed by atoms with Gasteiger partial charge in [0.1, 0.15) is 23.4 Å². The summed E-state index contributed by atoms with van der Waals surface area (Å²) in [4.78, 5) is 54.8. The number of phenols is 1. The molecule has 1 aromatic rings. The van der Waals surface area contributed by atoms with Crippen molar-refractivity contribution in [1.29, 1.82) is 0 Å². The van der Waals surface area contributed by atoms with Crippen LogP contribution in [0.2, 0.25) is 0 Å². The van der Waals surface area contributed by atoms with Crippen molar-refractivity contribution in [2.75, 3.05) is 13.2 Å². The molecule has 0 heterocycles. The van der Waals surface area contributed by atoms with Crippen LogP contribution in [0.4, 0.5) is 4.79 Å². The molecule has 0 bridgehead atoms. The highest BCUT2D eigenvalue weighted by Gasteiger charge is 2.40. The number of aromatic hydroxyl groups is 1. The summed E-state index contributed by atoms with van der Waals surface area (Å²) in [6.07, 6.45) is 1.28. The van der Waals surface area contributed by atoms with Crippen molar-refractivity contribution >= 4 is 23.9 Å². The van der Waals surface area contributed by atoms with E-state index in [0.717, 1.165) is 6.42 Å². The van der Waals surface area contributed by atoms with Crippen LogP contribution in [0, 0.1) is 18.8 Å². The lowest BCUT2D eigenvalue weighted by Crippen LogP contribution is -2.57. The van der Waals surface area contributed by atoms with Gasteiger partial charge in [-0.1, -0.05) is 40.2 Å². The van der Waals surface area contributed by atoms with E-state index < -0.39 is 41.6 Å². The zero-order valence-corrected chi connectivity index (χ0v) is 27.2. The molecule has 0 spiro atoms. The van der Waals surface area contributed by atoms with Gasteiger partial charge in [-0.05, 0) is 89.5 Å². The maximum Gasteiger partial charge on any atom is 0.408 e. The standard InChI is InChI=1S/C32H53N3O7/c1-11-21(5)27(34-31(40)42-32(8,9)10)30(39)35(23(7)14-13-20(3)4)28(24-15-16-25(36)22(6)19-24)29(38)33-18-17-26(37)41-12-2/h15-16,19-21,23,27-28,36H,11-14,17-18H2,1-10H3,(H,33,38)(H,34,40).